The number of carbonyl (C=O) groups excluding carboxylic acids is 2. The number of benzene rings is 2. The predicted octanol–water partition coefficient (Wildman–Crippen LogP) is 1.61. The van der Waals surface area contributed by atoms with Gasteiger partial charge in [0.05, 0.1) is 18.1 Å². The number of carbonyl (C=O) groups is 2. The van der Waals surface area contributed by atoms with E-state index in [0.717, 1.165) is 5.39 Å². The number of hydrogen-bond donors (Lipinski definition) is 1. The van der Waals surface area contributed by atoms with Gasteiger partial charge in [-0.3, -0.25) is 0 Å². The molecule has 0 fully saturated rings. The zero-order valence-corrected chi connectivity index (χ0v) is 14.7. The van der Waals surface area contributed by atoms with Gasteiger partial charge in [0.25, 0.3) is 0 Å². The van der Waals surface area contributed by atoms with Gasteiger partial charge in [-0.05, 0) is 36.8 Å². The summed E-state index contributed by atoms with van der Waals surface area (Å²) in [5.41, 5.74) is 0. The number of sulfonamides is 1. The lowest BCUT2D eigenvalue weighted by molar-refractivity contribution is -0.157. The first kappa shape index (κ1) is 18.9. The molecule has 0 amide bonds. The van der Waals surface area contributed by atoms with Gasteiger partial charge in [0, 0.05) is 0 Å². The molecule has 0 aliphatic rings. The Morgan fingerprint density at radius 2 is 1.52 bits per heavy atom. The quantitative estimate of drug-likeness (QED) is 0.591. The lowest BCUT2D eigenvalue weighted by atomic mass is 10.1. The van der Waals surface area contributed by atoms with E-state index in [1.54, 1.807) is 32.0 Å². The highest BCUT2D eigenvalue weighted by molar-refractivity contribution is 7.89. The minimum atomic E-state index is -4.13. The van der Waals surface area contributed by atoms with Crippen LogP contribution in [0.1, 0.15) is 13.8 Å². The van der Waals surface area contributed by atoms with E-state index in [4.69, 9.17) is 9.47 Å². The van der Waals surface area contributed by atoms with Gasteiger partial charge in [-0.25, -0.2) is 18.0 Å². The zero-order valence-electron chi connectivity index (χ0n) is 13.9. The van der Waals surface area contributed by atoms with Crippen LogP contribution in [0.15, 0.2) is 47.4 Å². The van der Waals surface area contributed by atoms with Crippen LogP contribution in [-0.4, -0.2) is 39.6 Å². The third kappa shape index (κ3) is 4.55. The summed E-state index contributed by atoms with van der Waals surface area (Å²) >= 11 is 0. The van der Waals surface area contributed by atoms with E-state index in [0.29, 0.717) is 5.39 Å². The minimum absolute atomic E-state index is 0.00639. The first-order chi connectivity index (χ1) is 11.9. The molecule has 0 spiro atoms. The van der Waals surface area contributed by atoms with Crippen molar-refractivity contribution in [2.75, 3.05) is 13.2 Å². The van der Waals surface area contributed by atoms with Crippen molar-refractivity contribution in [3.63, 3.8) is 0 Å². The van der Waals surface area contributed by atoms with E-state index in [2.05, 4.69) is 4.72 Å². The standard InChI is InChI=1S/C17H19NO6S/c1-3-23-16(19)15(17(20)24-4-2)18-25(21,22)14-10-9-12-7-5-6-8-13(12)11-14/h5-11,15,18H,3-4H2,1-2H3. The molecule has 0 aromatic heterocycles. The maximum absolute atomic E-state index is 12.6. The van der Waals surface area contributed by atoms with Gasteiger partial charge in [-0.2, -0.15) is 4.72 Å². The van der Waals surface area contributed by atoms with E-state index in [1.165, 1.54) is 12.1 Å². The van der Waals surface area contributed by atoms with Crippen LogP contribution >= 0.6 is 0 Å². The second-order valence-corrected chi connectivity index (χ2v) is 6.78. The van der Waals surface area contributed by atoms with E-state index in [1.807, 2.05) is 12.1 Å². The molecule has 0 atom stereocenters. The van der Waals surface area contributed by atoms with Crippen molar-refractivity contribution in [1.29, 1.82) is 0 Å². The molecule has 0 saturated heterocycles. The maximum atomic E-state index is 12.6. The highest BCUT2D eigenvalue weighted by Gasteiger charge is 2.34. The third-order valence-electron chi connectivity index (χ3n) is 3.35. The fraction of sp³-hybridized carbons (Fsp3) is 0.294. The molecule has 134 valence electrons. The van der Waals surface area contributed by atoms with Gasteiger partial charge >= 0.3 is 11.9 Å². The number of rotatable bonds is 7. The number of hydrogen-bond acceptors (Lipinski definition) is 6. The lowest BCUT2D eigenvalue weighted by Gasteiger charge is -2.16. The molecule has 7 nitrogen and oxygen atoms in total. The smallest absolute Gasteiger partial charge is 0.335 e. The number of ether oxygens (including phenoxy) is 2. The average Bonchev–Trinajstić information content (AvgIpc) is 2.59. The Bertz CT molecular complexity index is 860. The van der Waals surface area contributed by atoms with Crippen molar-refractivity contribution in [3.05, 3.63) is 42.5 Å². The summed E-state index contributed by atoms with van der Waals surface area (Å²) in [6.07, 6.45) is 0. The molecule has 0 aliphatic heterocycles. The molecule has 2 aromatic rings. The Labute approximate surface area is 146 Å². The predicted molar refractivity (Wildman–Crippen MR) is 91.3 cm³/mol. The second-order valence-electron chi connectivity index (χ2n) is 5.07. The van der Waals surface area contributed by atoms with Crippen LogP contribution in [0, 0.1) is 0 Å². The summed E-state index contributed by atoms with van der Waals surface area (Å²) in [4.78, 5) is 23.8. The molecule has 2 rings (SSSR count). The molecular formula is C17H19NO6S. The van der Waals surface area contributed by atoms with E-state index < -0.39 is 28.0 Å². The van der Waals surface area contributed by atoms with E-state index >= 15 is 0 Å². The van der Waals surface area contributed by atoms with Crippen molar-refractivity contribution < 1.29 is 27.5 Å². The fourth-order valence-electron chi connectivity index (χ4n) is 2.20. The van der Waals surface area contributed by atoms with Crippen molar-refractivity contribution in [3.8, 4) is 0 Å². The van der Waals surface area contributed by atoms with Crippen molar-refractivity contribution in [1.82, 2.24) is 4.72 Å². The van der Waals surface area contributed by atoms with Crippen LogP contribution in [0.5, 0.6) is 0 Å². The number of esters is 2. The van der Waals surface area contributed by atoms with Crippen LogP contribution in [0.25, 0.3) is 10.8 Å². The van der Waals surface area contributed by atoms with Gasteiger partial charge in [-0.1, -0.05) is 30.3 Å². The molecule has 0 bridgehead atoms. The topological polar surface area (TPSA) is 98.8 Å². The van der Waals surface area contributed by atoms with Gasteiger partial charge in [0.15, 0.2) is 0 Å². The fourth-order valence-corrected chi connectivity index (χ4v) is 3.37. The normalized spacial score (nSPS) is 11.5. The first-order valence-electron chi connectivity index (χ1n) is 7.73. The Hall–Kier alpha value is -2.45. The highest BCUT2D eigenvalue weighted by atomic mass is 32.2. The van der Waals surface area contributed by atoms with Crippen LogP contribution in [0.2, 0.25) is 0 Å². The highest BCUT2D eigenvalue weighted by Crippen LogP contribution is 2.19. The largest absolute Gasteiger partial charge is 0.464 e. The van der Waals surface area contributed by atoms with Crippen molar-refractivity contribution in [2.24, 2.45) is 0 Å². The monoisotopic (exact) mass is 365 g/mol. The van der Waals surface area contributed by atoms with Gasteiger partial charge in [0.2, 0.25) is 16.1 Å². The third-order valence-corrected chi connectivity index (χ3v) is 4.77. The molecule has 25 heavy (non-hydrogen) atoms. The lowest BCUT2D eigenvalue weighted by Crippen LogP contribution is -2.48. The molecule has 0 heterocycles. The molecule has 0 radical (unpaired) electrons. The van der Waals surface area contributed by atoms with Crippen LogP contribution in [0.3, 0.4) is 0 Å². The Kier molecular flexibility index (Phi) is 6.11. The van der Waals surface area contributed by atoms with Crippen molar-refractivity contribution >= 4 is 32.7 Å². The molecular weight excluding hydrogens is 346 g/mol. The molecule has 8 heteroatoms. The average molecular weight is 365 g/mol. The minimum Gasteiger partial charge on any atom is -0.464 e. The maximum Gasteiger partial charge on any atom is 0.335 e. The van der Waals surface area contributed by atoms with E-state index in [-0.39, 0.29) is 18.1 Å². The molecule has 2 aromatic carbocycles. The Morgan fingerprint density at radius 3 is 2.08 bits per heavy atom. The van der Waals surface area contributed by atoms with Crippen LogP contribution < -0.4 is 4.72 Å². The van der Waals surface area contributed by atoms with Gasteiger partial charge in [-0.15, -0.1) is 0 Å². The van der Waals surface area contributed by atoms with Gasteiger partial charge < -0.3 is 9.47 Å². The van der Waals surface area contributed by atoms with E-state index in [9.17, 15) is 18.0 Å². The number of fused-ring (bicyclic) bond motifs is 1. The number of nitrogens with one attached hydrogen (secondary N) is 1. The van der Waals surface area contributed by atoms with Crippen LogP contribution in [-0.2, 0) is 29.1 Å². The van der Waals surface area contributed by atoms with Crippen LogP contribution in [0.4, 0.5) is 0 Å². The Balaban J connectivity index is 2.34. The van der Waals surface area contributed by atoms with Crippen molar-refractivity contribution in [2.45, 2.75) is 24.8 Å². The molecule has 0 unspecified atom stereocenters. The summed E-state index contributed by atoms with van der Waals surface area (Å²) in [7, 11) is -4.13. The first-order valence-corrected chi connectivity index (χ1v) is 9.21. The zero-order chi connectivity index (χ0) is 18.4. The summed E-state index contributed by atoms with van der Waals surface area (Å²) in [6.45, 7) is 3.12. The summed E-state index contributed by atoms with van der Waals surface area (Å²) in [6, 6.07) is 9.99. The molecule has 0 saturated carbocycles. The Morgan fingerprint density at radius 1 is 0.960 bits per heavy atom. The SMILES string of the molecule is CCOC(=O)C(NS(=O)(=O)c1ccc2ccccc2c1)C(=O)OCC. The summed E-state index contributed by atoms with van der Waals surface area (Å²) < 4.78 is 36.7. The van der Waals surface area contributed by atoms with Gasteiger partial charge in [0.1, 0.15) is 0 Å². The second kappa shape index (κ2) is 8.09. The molecule has 0 aliphatic carbocycles. The summed E-state index contributed by atoms with van der Waals surface area (Å²) in [5, 5.41) is 1.59. The summed E-state index contributed by atoms with van der Waals surface area (Å²) in [5.74, 6) is -2.02. The molecule has 1 N–H and O–H groups in total.